The largest absolute Gasteiger partial charge is 0.478 e. The van der Waals surface area contributed by atoms with E-state index >= 15 is 0 Å². The van der Waals surface area contributed by atoms with Gasteiger partial charge in [-0.3, -0.25) is 4.55 Å². The Labute approximate surface area is 216 Å². The van der Waals surface area contributed by atoms with Gasteiger partial charge in [-0.15, -0.1) is 0 Å². The first-order valence-corrected chi connectivity index (χ1v) is 16.4. The molecule has 0 unspecified atom stereocenters. The molecule has 0 aliphatic carbocycles. The Morgan fingerprint density at radius 1 is 0.750 bits per heavy atom. The summed E-state index contributed by atoms with van der Waals surface area (Å²) >= 11 is 0. The van der Waals surface area contributed by atoms with Gasteiger partial charge in [-0.1, -0.05) is 70.4 Å². The topological polar surface area (TPSA) is 129 Å². The van der Waals surface area contributed by atoms with Gasteiger partial charge in [0, 0.05) is 7.26 Å². The Hall–Kier alpha value is -2.28. The molecule has 0 amide bonds. The Kier molecular flexibility index (Phi) is 13.9. The van der Waals surface area contributed by atoms with Crippen LogP contribution in [0, 0.1) is 0 Å². The average Bonchev–Trinajstić information content (AvgIpc) is 2.85. The normalized spacial score (nSPS) is 11.4. The van der Waals surface area contributed by atoms with E-state index in [9.17, 15) is 18.0 Å². The highest BCUT2D eigenvalue weighted by molar-refractivity contribution is 7.85. The van der Waals surface area contributed by atoms with Crippen LogP contribution in [0.4, 0.5) is 0 Å². The molecule has 0 saturated carbocycles. The standard InChI is InChI=1S/C19H34P.C8H6O7S/c1-4-7-15-20(16-8-5-2,17-9-6-3)18-19-13-11-10-12-14-19;9-7(10)4-1-5(8(11)12)3-6(2-4)16(13,14)15/h10-14H,4-9,15-18H2,1-3H3;1-3H,(H,9,10)(H,11,12)(H,13,14,15)/q+1;. The lowest BCUT2D eigenvalue weighted by Crippen LogP contribution is -2.11. The number of carbonyl (C=O) groups is 2. The van der Waals surface area contributed by atoms with Gasteiger partial charge in [0.05, 0.1) is 40.7 Å². The molecule has 0 aliphatic heterocycles. The zero-order valence-electron chi connectivity index (χ0n) is 21.5. The van der Waals surface area contributed by atoms with Gasteiger partial charge >= 0.3 is 11.9 Å². The molecule has 3 N–H and O–H groups in total. The third-order valence-corrected chi connectivity index (χ3v) is 11.7. The molecule has 0 heterocycles. The predicted octanol–water partition coefficient (Wildman–Crippen LogP) is 6.93. The zero-order valence-corrected chi connectivity index (χ0v) is 23.2. The second kappa shape index (κ2) is 15.7. The molecule has 0 saturated heterocycles. The summed E-state index contributed by atoms with van der Waals surface area (Å²) in [7, 11) is -5.41. The molecule has 7 nitrogen and oxygen atoms in total. The molecule has 2 rings (SSSR count). The number of carboxylic acids is 2. The van der Waals surface area contributed by atoms with Gasteiger partial charge in [-0.25, -0.2) is 9.59 Å². The summed E-state index contributed by atoms with van der Waals surface area (Å²) in [5, 5.41) is 17.2. The van der Waals surface area contributed by atoms with E-state index in [2.05, 4.69) is 51.1 Å². The maximum atomic E-state index is 10.8. The Bertz CT molecular complexity index is 1010. The molecule has 0 radical (unpaired) electrons. The number of rotatable bonds is 14. The maximum absolute atomic E-state index is 10.8. The molecule has 200 valence electrons. The summed E-state index contributed by atoms with van der Waals surface area (Å²) in [6, 6.07) is 13.4. The van der Waals surface area contributed by atoms with Crippen molar-refractivity contribution >= 4 is 29.3 Å². The Morgan fingerprint density at radius 3 is 1.50 bits per heavy atom. The molecule has 0 bridgehead atoms. The van der Waals surface area contributed by atoms with Crippen LogP contribution >= 0.6 is 7.26 Å². The van der Waals surface area contributed by atoms with Crippen molar-refractivity contribution in [3.63, 3.8) is 0 Å². The van der Waals surface area contributed by atoms with E-state index in [1.54, 1.807) is 5.56 Å². The van der Waals surface area contributed by atoms with Crippen LogP contribution in [0.5, 0.6) is 0 Å². The van der Waals surface area contributed by atoms with Crippen LogP contribution in [-0.2, 0) is 16.3 Å². The van der Waals surface area contributed by atoms with Crippen molar-refractivity contribution in [2.45, 2.75) is 70.4 Å². The van der Waals surface area contributed by atoms with Crippen LogP contribution in [0.15, 0.2) is 53.4 Å². The first-order chi connectivity index (χ1) is 17.0. The molecule has 0 aliphatic rings. The van der Waals surface area contributed by atoms with Crippen molar-refractivity contribution in [2.75, 3.05) is 18.5 Å². The van der Waals surface area contributed by atoms with Gasteiger partial charge in [0.15, 0.2) is 0 Å². The number of benzene rings is 2. The molecular formula is C27H40O7PS+. The predicted molar refractivity (Wildman–Crippen MR) is 147 cm³/mol. The van der Waals surface area contributed by atoms with Crippen molar-refractivity contribution in [3.8, 4) is 0 Å². The number of hydrogen-bond acceptors (Lipinski definition) is 4. The number of aromatic carboxylic acids is 2. The first kappa shape index (κ1) is 31.7. The molecular weight excluding hydrogens is 499 g/mol. The van der Waals surface area contributed by atoms with Gasteiger partial charge in [0.2, 0.25) is 0 Å². The molecule has 2 aromatic rings. The molecule has 0 atom stereocenters. The van der Waals surface area contributed by atoms with Gasteiger partial charge in [0.25, 0.3) is 10.1 Å². The minimum atomic E-state index is -4.64. The maximum Gasteiger partial charge on any atom is 0.335 e. The van der Waals surface area contributed by atoms with Crippen LogP contribution in [0.2, 0.25) is 0 Å². The van der Waals surface area contributed by atoms with Crippen LogP contribution in [0.25, 0.3) is 0 Å². The van der Waals surface area contributed by atoms with Crippen molar-refractivity contribution < 1.29 is 32.8 Å². The van der Waals surface area contributed by atoms with Crippen LogP contribution < -0.4 is 0 Å². The fourth-order valence-electron chi connectivity index (χ4n) is 4.02. The van der Waals surface area contributed by atoms with Crippen molar-refractivity contribution in [2.24, 2.45) is 0 Å². The van der Waals surface area contributed by atoms with E-state index in [0.717, 1.165) is 6.07 Å². The molecule has 2 aromatic carbocycles. The fourth-order valence-corrected chi connectivity index (χ4v) is 9.66. The summed E-state index contributed by atoms with van der Waals surface area (Å²) in [4.78, 5) is 20.4. The van der Waals surface area contributed by atoms with Gasteiger partial charge in [-0.2, -0.15) is 8.42 Å². The summed E-state index contributed by atoms with van der Waals surface area (Å²) in [6.07, 6.45) is 14.4. The van der Waals surface area contributed by atoms with Gasteiger partial charge in [0.1, 0.15) is 0 Å². The summed E-state index contributed by atoms with van der Waals surface area (Å²) in [6.45, 7) is 7.03. The van der Waals surface area contributed by atoms with E-state index in [0.29, 0.717) is 12.1 Å². The fraction of sp³-hybridized carbons (Fsp3) is 0.481. The monoisotopic (exact) mass is 539 g/mol. The molecule has 36 heavy (non-hydrogen) atoms. The van der Waals surface area contributed by atoms with Crippen LogP contribution in [0.1, 0.15) is 85.6 Å². The third kappa shape index (κ3) is 11.2. The van der Waals surface area contributed by atoms with Gasteiger partial charge < -0.3 is 10.2 Å². The number of carboxylic acid groups (broad SMARTS) is 2. The van der Waals surface area contributed by atoms with E-state index in [1.807, 2.05) is 0 Å². The quantitative estimate of drug-likeness (QED) is 0.175. The Morgan fingerprint density at radius 2 is 1.17 bits per heavy atom. The first-order valence-electron chi connectivity index (χ1n) is 12.5. The number of unbranched alkanes of at least 4 members (excludes halogenated alkanes) is 3. The smallest absolute Gasteiger partial charge is 0.335 e. The molecule has 0 spiro atoms. The van der Waals surface area contributed by atoms with E-state index < -0.39 is 45.3 Å². The van der Waals surface area contributed by atoms with Crippen molar-refractivity contribution in [3.05, 3.63) is 65.2 Å². The van der Waals surface area contributed by atoms with Gasteiger partial charge in [-0.05, 0) is 43.0 Å². The number of hydrogen-bond donors (Lipinski definition) is 3. The lowest BCUT2D eigenvalue weighted by molar-refractivity contribution is 0.0696. The summed E-state index contributed by atoms with van der Waals surface area (Å²) < 4.78 is 30.2. The van der Waals surface area contributed by atoms with Crippen LogP contribution in [0.3, 0.4) is 0 Å². The average molecular weight is 540 g/mol. The Balaban J connectivity index is 0.000000369. The van der Waals surface area contributed by atoms with Crippen molar-refractivity contribution in [1.82, 2.24) is 0 Å². The lowest BCUT2D eigenvalue weighted by atomic mass is 10.1. The van der Waals surface area contributed by atoms with Crippen molar-refractivity contribution in [1.29, 1.82) is 0 Å². The highest BCUT2D eigenvalue weighted by Gasteiger charge is 2.35. The molecule has 0 fully saturated rings. The molecule has 9 heteroatoms. The molecule has 0 aromatic heterocycles. The lowest BCUT2D eigenvalue weighted by Gasteiger charge is -2.28. The second-order valence-corrected chi connectivity index (χ2v) is 14.8. The minimum Gasteiger partial charge on any atom is -0.478 e. The summed E-state index contributed by atoms with van der Waals surface area (Å²) in [5.74, 6) is -2.99. The minimum absolute atomic E-state index is 0.535. The van der Waals surface area contributed by atoms with Crippen LogP contribution in [-0.4, -0.2) is 53.6 Å². The SMILES string of the molecule is CCCC[P+](CCCC)(CCCC)Cc1ccccc1.O=C(O)c1cc(C(=O)O)cc(S(=O)(=O)O)c1. The second-order valence-electron chi connectivity index (χ2n) is 9.05. The third-order valence-electron chi connectivity index (χ3n) is 6.02. The van der Waals surface area contributed by atoms with E-state index in [-0.39, 0.29) is 0 Å². The summed E-state index contributed by atoms with van der Waals surface area (Å²) in [5.41, 5.74) is 0.518. The van der Waals surface area contributed by atoms with E-state index in [1.165, 1.54) is 63.2 Å². The highest BCUT2D eigenvalue weighted by Crippen LogP contribution is 2.63. The highest BCUT2D eigenvalue weighted by atomic mass is 32.2. The zero-order chi connectivity index (χ0) is 27.2. The van der Waals surface area contributed by atoms with E-state index in [4.69, 9.17) is 14.8 Å².